The van der Waals surface area contributed by atoms with Crippen molar-refractivity contribution in [3.05, 3.63) is 89.5 Å². The van der Waals surface area contributed by atoms with E-state index >= 15 is 0 Å². The zero-order chi connectivity index (χ0) is 29.8. The maximum Gasteiger partial charge on any atom is 0.319 e. The minimum Gasteiger partial charge on any atom is -0.508 e. The summed E-state index contributed by atoms with van der Waals surface area (Å²) < 4.78 is 11.1. The Morgan fingerprint density at radius 2 is 1.64 bits per heavy atom. The van der Waals surface area contributed by atoms with Crippen LogP contribution in [0.25, 0.3) is 0 Å². The standard InChI is InChI=1S/C32H36N4O6.2H2S/c1-21-16-29(38)36-26(17-22-12-14-25(37)15-13-22)31(39)34(19-24-10-7-11-27(41-2)30(24)42-3)20-28(36)35(21)32(40)33-18-23-8-5-4-6-9-23;;/h4-15,21,26,28,37H,16-20H2,1-3H3,(H,33,40);2*1H2/t21-,26+,28-;;/m1../s1. The Kier molecular flexibility index (Phi) is 11.8. The zero-order valence-electron chi connectivity index (χ0n) is 25.0. The van der Waals surface area contributed by atoms with Crippen LogP contribution in [0, 0.1) is 0 Å². The Labute approximate surface area is 271 Å². The van der Waals surface area contributed by atoms with Gasteiger partial charge in [-0.25, -0.2) is 4.79 Å². The van der Waals surface area contributed by atoms with Gasteiger partial charge in [-0.1, -0.05) is 54.6 Å². The third kappa shape index (κ3) is 7.19. The van der Waals surface area contributed by atoms with E-state index in [1.807, 2.05) is 49.4 Å². The number of carbonyl (C=O) groups is 3. The lowest BCUT2D eigenvalue weighted by molar-refractivity contribution is -0.170. The summed E-state index contributed by atoms with van der Waals surface area (Å²) in [4.78, 5) is 46.3. The first-order valence-electron chi connectivity index (χ1n) is 14.0. The zero-order valence-corrected chi connectivity index (χ0v) is 27.0. The molecule has 2 heterocycles. The summed E-state index contributed by atoms with van der Waals surface area (Å²) in [6, 6.07) is 20.2. The first-order valence-corrected chi connectivity index (χ1v) is 14.0. The van der Waals surface area contributed by atoms with Crippen LogP contribution in [0.2, 0.25) is 0 Å². The number of carbonyl (C=O) groups excluding carboxylic acids is 3. The Morgan fingerprint density at radius 3 is 2.30 bits per heavy atom. The number of phenols is 1. The normalized spacial score (nSPS) is 19.3. The number of rotatable bonds is 8. The van der Waals surface area contributed by atoms with Gasteiger partial charge in [0, 0.05) is 37.5 Å². The van der Waals surface area contributed by atoms with E-state index in [0.717, 1.165) is 16.7 Å². The Hall–Kier alpha value is -4.03. The minimum atomic E-state index is -0.839. The van der Waals surface area contributed by atoms with Crippen LogP contribution in [0.3, 0.4) is 0 Å². The van der Waals surface area contributed by atoms with Crippen molar-refractivity contribution in [1.29, 1.82) is 0 Å². The van der Waals surface area contributed by atoms with E-state index in [9.17, 15) is 19.5 Å². The molecule has 2 saturated heterocycles. The maximum absolute atomic E-state index is 14.1. The summed E-state index contributed by atoms with van der Waals surface area (Å²) in [6.07, 6.45) is -0.326. The van der Waals surface area contributed by atoms with E-state index in [1.54, 1.807) is 59.3 Å². The molecule has 44 heavy (non-hydrogen) atoms. The van der Waals surface area contributed by atoms with E-state index in [4.69, 9.17) is 9.47 Å². The van der Waals surface area contributed by atoms with Gasteiger partial charge >= 0.3 is 6.03 Å². The summed E-state index contributed by atoms with van der Waals surface area (Å²) in [5.74, 6) is 0.788. The molecule has 5 rings (SSSR count). The smallest absolute Gasteiger partial charge is 0.319 e. The van der Waals surface area contributed by atoms with Crippen LogP contribution in [0.4, 0.5) is 4.79 Å². The number of amides is 4. The molecule has 0 radical (unpaired) electrons. The summed E-state index contributed by atoms with van der Waals surface area (Å²) in [5, 5.41) is 12.8. The van der Waals surface area contributed by atoms with Crippen molar-refractivity contribution < 1.29 is 29.0 Å². The van der Waals surface area contributed by atoms with Crippen LogP contribution in [0.15, 0.2) is 72.8 Å². The quantitative estimate of drug-likeness (QED) is 0.388. The fourth-order valence-corrected chi connectivity index (χ4v) is 5.89. The molecule has 0 bridgehead atoms. The van der Waals surface area contributed by atoms with E-state index in [1.165, 1.54) is 0 Å². The predicted molar refractivity (Wildman–Crippen MR) is 177 cm³/mol. The third-order valence-electron chi connectivity index (χ3n) is 7.92. The summed E-state index contributed by atoms with van der Waals surface area (Å²) in [5.41, 5.74) is 2.49. The van der Waals surface area contributed by atoms with Gasteiger partial charge in [0.1, 0.15) is 18.0 Å². The Bertz CT molecular complexity index is 1440. The van der Waals surface area contributed by atoms with Crippen LogP contribution >= 0.6 is 27.0 Å². The van der Waals surface area contributed by atoms with E-state index < -0.39 is 12.2 Å². The highest BCUT2D eigenvalue weighted by Gasteiger charge is 2.50. The molecule has 0 aromatic heterocycles. The van der Waals surface area contributed by atoms with Crippen LogP contribution in [-0.2, 0) is 29.1 Å². The molecule has 2 aliphatic rings. The molecule has 3 aromatic rings. The third-order valence-corrected chi connectivity index (χ3v) is 7.92. The second kappa shape index (κ2) is 15.1. The second-order valence-corrected chi connectivity index (χ2v) is 10.6. The van der Waals surface area contributed by atoms with E-state index in [-0.39, 0.29) is 82.6 Å². The SMILES string of the molecule is COc1cccc(CN2C[C@@H]3N(C(=O)NCc4ccccc4)[C@H](C)CC(=O)N3[C@@H](Cc3ccc(O)cc3)C2=O)c1OC.S.S. The lowest BCUT2D eigenvalue weighted by atomic mass is 9.95. The van der Waals surface area contributed by atoms with Gasteiger partial charge in [0.05, 0.1) is 20.8 Å². The number of nitrogens with zero attached hydrogens (tertiary/aromatic N) is 3. The number of hydrogen-bond donors (Lipinski definition) is 2. The van der Waals surface area contributed by atoms with Crippen molar-refractivity contribution in [2.24, 2.45) is 0 Å². The Morgan fingerprint density at radius 1 is 0.932 bits per heavy atom. The molecule has 2 aliphatic heterocycles. The van der Waals surface area contributed by atoms with Gasteiger partial charge in [0.15, 0.2) is 11.5 Å². The number of phenolic OH excluding ortho intramolecular Hbond substituents is 1. The first-order chi connectivity index (χ1) is 20.3. The van der Waals surface area contributed by atoms with Crippen molar-refractivity contribution >= 4 is 44.8 Å². The van der Waals surface area contributed by atoms with Gasteiger partial charge in [-0.3, -0.25) is 14.5 Å². The molecule has 12 heteroatoms. The fourth-order valence-electron chi connectivity index (χ4n) is 5.89. The number of nitrogens with one attached hydrogen (secondary N) is 1. The second-order valence-electron chi connectivity index (χ2n) is 10.6. The molecule has 3 aromatic carbocycles. The van der Waals surface area contributed by atoms with Crippen LogP contribution in [-0.4, -0.2) is 76.7 Å². The van der Waals surface area contributed by atoms with Crippen LogP contribution in [0.5, 0.6) is 17.2 Å². The molecule has 236 valence electrons. The van der Waals surface area contributed by atoms with Crippen molar-refractivity contribution in [2.45, 2.75) is 51.1 Å². The highest BCUT2D eigenvalue weighted by molar-refractivity contribution is 7.59. The highest BCUT2D eigenvalue weighted by Crippen LogP contribution is 2.35. The number of para-hydroxylation sites is 1. The topological polar surface area (TPSA) is 112 Å². The molecular weight excluding hydrogens is 601 g/mol. The van der Waals surface area contributed by atoms with Crippen LogP contribution < -0.4 is 14.8 Å². The summed E-state index contributed by atoms with van der Waals surface area (Å²) in [7, 11) is 3.11. The predicted octanol–water partition coefficient (Wildman–Crippen LogP) is 3.75. The summed E-state index contributed by atoms with van der Waals surface area (Å²) >= 11 is 0. The van der Waals surface area contributed by atoms with Gasteiger partial charge in [-0.15, -0.1) is 0 Å². The van der Waals surface area contributed by atoms with Gasteiger partial charge in [0.2, 0.25) is 11.8 Å². The van der Waals surface area contributed by atoms with E-state index in [0.29, 0.717) is 18.0 Å². The van der Waals surface area contributed by atoms with Crippen molar-refractivity contribution in [3.63, 3.8) is 0 Å². The van der Waals surface area contributed by atoms with Crippen molar-refractivity contribution in [2.75, 3.05) is 20.8 Å². The molecule has 0 unspecified atom stereocenters. The lowest BCUT2D eigenvalue weighted by Gasteiger charge is -2.54. The number of benzene rings is 3. The molecule has 2 N–H and O–H groups in total. The lowest BCUT2D eigenvalue weighted by Crippen LogP contribution is -2.73. The van der Waals surface area contributed by atoms with Gasteiger partial charge in [0.25, 0.3) is 0 Å². The molecule has 10 nitrogen and oxygen atoms in total. The van der Waals surface area contributed by atoms with E-state index in [2.05, 4.69) is 5.32 Å². The Balaban J connectivity index is 0.00000264. The number of hydrogen-bond acceptors (Lipinski definition) is 6. The van der Waals surface area contributed by atoms with Crippen molar-refractivity contribution in [3.8, 4) is 17.2 Å². The van der Waals surface area contributed by atoms with Crippen molar-refractivity contribution in [1.82, 2.24) is 20.0 Å². The molecule has 0 saturated carbocycles. The fraction of sp³-hybridized carbons (Fsp3) is 0.344. The number of fused-ring (bicyclic) bond motifs is 1. The van der Waals surface area contributed by atoms with Gasteiger partial charge in [-0.05, 0) is 36.2 Å². The van der Waals surface area contributed by atoms with Crippen LogP contribution in [0.1, 0.15) is 30.0 Å². The number of piperazine rings is 1. The number of methoxy groups -OCH3 is 2. The largest absolute Gasteiger partial charge is 0.508 e. The number of aromatic hydroxyl groups is 1. The maximum atomic E-state index is 14.1. The molecule has 2 fully saturated rings. The highest BCUT2D eigenvalue weighted by atomic mass is 32.1. The van der Waals surface area contributed by atoms with Gasteiger partial charge < -0.3 is 29.7 Å². The molecule has 0 spiro atoms. The van der Waals surface area contributed by atoms with Gasteiger partial charge in [-0.2, -0.15) is 27.0 Å². The summed E-state index contributed by atoms with van der Waals surface area (Å²) in [6.45, 7) is 2.54. The molecule has 4 amide bonds. The minimum absolute atomic E-state index is 0. The molecule has 0 aliphatic carbocycles. The average molecular weight is 641 g/mol. The molecular formula is C32H40N4O6S2. The monoisotopic (exact) mass is 640 g/mol. The number of ether oxygens (including phenoxy) is 2. The first kappa shape index (κ1) is 34.5. The number of urea groups is 1. The molecule has 3 atom stereocenters. The average Bonchev–Trinajstić information content (AvgIpc) is 2.99.